The number of nitrogens with two attached hydrogens (primary N) is 1. The lowest BCUT2D eigenvalue weighted by atomic mass is 9.92. The molecule has 1 fully saturated rings. The first kappa shape index (κ1) is 24.1. The quantitative estimate of drug-likeness (QED) is 0.364. The lowest BCUT2D eigenvalue weighted by molar-refractivity contribution is -0.145. The molecule has 1 unspecified atom stereocenters. The smallest absolute Gasteiger partial charge is 0.320 e. The van der Waals surface area contributed by atoms with E-state index in [2.05, 4.69) is 5.10 Å². The summed E-state index contributed by atoms with van der Waals surface area (Å²) in [7, 11) is 0. The van der Waals surface area contributed by atoms with Gasteiger partial charge in [-0.3, -0.25) is 19.5 Å². The zero-order valence-corrected chi connectivity index (χ0v) is 19.6. The van der Waals surface area contributed by atoms with Crippen molar-refractivity contribution in [1.29, 1.82) is 0 Å². The minimum Gasteiger partial charge on any atom is -0.465 e. The van der Waals surface area contributed by atoms with Crippen LogP contribution < -0.4 is 5.73 Å². The van der Waals surface area contributed by atoms with Crippen molar-refractivity contribution in [3.8, 4) is 0 Å². The van der Waals surface area contributed by atoms with Gasteiger partial charge in [0.25, 0.3) is 0 Å². The van der Waals surface area contributed by atoms with Gasteiger partial charge in [0.15, 0.2) is 5.78 Å². The maximum absolute atomic E-state index is 13.1. The van der Waals surface area contributed by atoms with Gasteiger partial charge in [-0.2, -0.15) is 5.10 Å². The van der Waals surface area contributed by atoms with Crippen molar-refractivity contribution in [3.05, 3.63) is 70.3 Å². The number of benzene rings is 2. The fraction of sp³-hybridized carbons (Fsp3) is 0.423. The largest absolute Gasteiger partial charge is 0.465 e. The molecule has 2 aliphatic heterocycles. The molecule has 2 aliphatic rings. The number of hydrazone groups is 1. The Kier molecular flexibility index (Phi) is 8.05. The molecule has 2 aromatic carbocycles. The predicted octanol–water partition coefficient (Wildman–Crippen LogP) is 2.35. The maximum atomic E-state index is 13.1. The van der Waals surface area contributed by atoms with Crippen LogP contribution >= 0.6 is 0 Å². The van der Waals surface area contributed by atoms with Crippen LogP contribution in [-0.2, 0) is 20.7 Å². The highest BCUT2D eigenvalue weighted by Crippen LogP contribution is 2.28. The van der Waals surface area contributed by atoms with Crippen LogP contribution in [0.1, 0.15) is 52.1 Å². The van der Waals surface area contributed by atoms with Crippen molar-refractivity contribution >= 4 is 18.0 Å². The number of ether oxygens (including phenoxy) is 2. The van der Waals surface area contributed by atoms with E-state index in [4.69, 9.17) is 15.2 Å². The van der Waals surface area contributed by atoms with Crippen LogP contribution in [0.5, 0.6) is 0 Å². The fourth-order valence-corrected chi connectivity index (χ4v) is 4.15. The van der Waals surface area contributed by atoms with Crippen LogP contribution in [0.4, 0.5) is 0 Å². The number of nitrogens with zero attached hydrogens (tertiary/aromatic N) is 3. The third kappa shape index (κ3) is 5.88. The average molecular weight is 465 g/mol. The highest BCUT2D eigenvalue weighted by Gasteiger charge is 2.27. The zero-order valence-electron chi connectivity index (χ0n) is 19.6. The second-order valence-corrected chi connectivity index (χ2v) is 8.56. The molecule has 2 heterocycles. The van der Waals surface area contributed by atoms with Gasteiger partial charge in [-0.25, -0.2) is 0 Å². The minimum absolute atomic E-state index is 0.0638. The van der Waals surface area contributed by atoms with Gasteiger partial charge in [0.05, 0.1) is 51.8 Å². The Hall–Kier alpha value is -3.07. The highest BCUT2D eigenvalue weighted by molar-refractivity contribution is 6.09. The molecular formula is C26H32N4O4. The Morgan fingerprint density at radius 3 is 2.59 bits per heavy atom. The second-order valence-electron chi connectivity index (χ2n) is 8.56. The van der Waals surface area contributed by atoms with Crippen LogP contribution in [0.2, 0.25) is 0 Å². The molecule has 8 nitrogen and oxygen atoms in total. The van der Waals surface area contributed by atoms with Crippen LogP contribution in [0, 0.1) is 0 Å². The van der Waals surface area contributed by atoms with E-state index in [-0.39, 0.29) is 18.3 Å². The molecule has 4 rings (SSSR count). The SMILES string of the molecule is CCCOC(=O)CN1CCc2ccc(C(=O)c3ccc(C=NN4CCOCC4)cc3)cc2C1N. The normalized spacial score (nSPS) is 18.6. The number of ketones is 1. The summed E-state index contributed by atoms with van der Waals surface area (Å²) in [6.45, 7) is 6.14. The summed E-state index contributed by atoms with van der Waals surface area (Å²) in [5.74, 6) is -0.337. The first-order valence-corrected chi connectivity index (χ1v) is 11.8. The van der Waals surface area contributed by atoms with Gasteiger partial charge in [-0.05, 0) is 35.6 Å². The molecule has 2 aromatic rings. The molecule has 180 valence electrons. The van der Waals surface area contributed by atoms with E-state index in [0.29, 0.717) is 37.5 Å². The van der Waals surface area contributed by atoms with Crippen molar-refractivity contribution < 1.29 is 19.1 Å². The first-order chi connectivity index (χ1) is 16.5. The molecule has 0 spiro atoms. The van der Waals surface area contributed by atoms with E-state index in [1.165, 1.54) is 0 Å². The number of esters is 1. The Morgan fingerprint density at radius 2 is 1.85 bits per heavy atom. The van der Waals surface area contributed by atoms with Gasteiger partial charge < -0.3 is 15.2 Å². The van der Waals surface area contributed by atoms with Crippen LogP contribution in [-0.4, -0.2) is 73.9 Å². The van der Waals surface area contributed by atoms with Crippen LogP contribution in [0.15, 0.2) is 47.6 Å². The highest BCUT2D eigenvalue weighted by atomic mass is 16.5. The first-order valence-electron chi connectivity index (χ1n) is 11.8. The third-order valence-electron chi connectivity index (χ3n) is 6.12. The number of rotatable bonds is 8. The van der Waals surface area contributed by atoms with E-state index in [1.807, 2.05) is 59.3 Å². The molecule has 0 radical (unpaired) electrons. The molecule has 0 aliphatic carbocycles. The topological polar surface area (TPSA) is 97.5 Å². The summed E-state index contributed by atoms with van der Waals surface area (Å²) in [4.78, 5) is 27.1. The Labute approximate surface area is 200 Å². The van der Waals surface area contributed by atoms with Gasteiger partial charge in [0.1, 0.15) is 0 Å². The molecular weight excluding hydrogens is 432 g/mol. The lowest BCUT2D eigenvalue weighted by Gasteiger charge is -2.34. The molecule has 0 saturated carbocycles. The van der Waals surface area contributed by atoms with Crippen molar-refractivity contribution in [2.75, 3.05) is 46.0 Å². The minimum atomic E-state index is -0.454. The predicted molar refractivity (Wildman–Crippen MR) is 130 cm³/mol. The molecule has 2 N–H and O–H groups in total. The van der Waals surface area contributed by atoms with Crippen LogP contribution in [0.25, 0.3) is 0 Å². The van der Waals surface area contributed by atoms with E-state index < -0.39 is 6.17 Å². The summed E-state index contributed by atoms with van der Waals surface area (Å²) >= 11 is 0. The molecule has 1 atom stereocenters. The van der Waals surface area contributed by atoms with E-state index in [1.54, 1.807) is 6.21 Å². The Morgan fingerprint density at radius 1 is 1.12 bits per heavy atom. The average Bonchev–Trinajstić information content (AvgIpc) is 2.88. The van der Waals surface area contributed by atoms with Gasteiger partial charge in [-0.15, -0.1) is 0 Å². The third-order valence-corrected chi connectivity index (χ3v) is 6.12. The van der Waals surface area contributed by atoms with E-state index >= 15 is 0 Å². The Bertz CT molecular complexity index is 1030. The van der Waals surface area contributed by atoms with Gasteiger partial charge in [-0.1, -0.05) is 43.3 Å². The van der Waals surface area contributed by atoms with Crippen molar-refractivity contribution in [3.63, 3.8) is 0 Å². The second kappa shape index (κ2) is 11.4. The molecule has 34 heavy (non-hydrogen) atoms. The summed E-state index contributed by atoms with van der Waals surface area (Å²) in [5.41, 5.74) is 10.6. The number of fused-ring (bicyclic) bond motifs is 1. The molecule has 0 amide bonds. The van der Waals surface area contributed by atoms with Crippen molar-refractivity contribution in [2.45, 2.75) is 25.9 Å². The molecule has 0 bridgehead atoms. The fourth-order valence-electron chi connectivity index (χ4n) is 4.15. The van der Waals surface area contributed by atoms with Crippen LogP contribution in [0.3, 0.4) is 0 Å². The summed E-state index contributed by atoms with van der Waals surface area (Å²) in [6, 6.07) is 13.1. The van der Waals surface area contributed by atoms with Gasteiger partial charge in [0.2, 0.25) is 0 Å². The number of hydrogen-bond donors (Lipinski definition) is 1. The number of carbonyl (C=O) groups excluding carboxylic acids is 2. The number of morpholine rings is 1. The van der Waals surface area contributed by atoms with E-state index in [0.717, 1.165) is 42.6 Å². The van der Waals surface area contributed by atoms with Crippen molar-refractivity contribution in [2.24, 2.45) is 10.8 Å². The summed E-state index contributed by atoms with van der Waals surface area (Å²) < 4.78 is 10.5. The van der Waals surface area contributed by atoms with Crippen molar-refractivity contribution in [1.82, 2.24) is 9.91 Å². The molecule has 8 heteroatoms. The van der Waals surface area contributed by atoms with E-state index in [9.17, 15) is 9.59 Å². The standard InChI is InChI=1S/C26H32N4O4/c1-2-13-34-24(31)18-29-10-9-20-7-8-22(16-23(20)26(29)27)25(32)21-5-3-19(4-6-21)17-28-30-11-14-33-15-12-30/h3-8,16-17,26H,2,9-15,18,27H2,1H3. The lowest BCUT2D eigenvalue weighted by Crippen LogP contribution is -2.43. The Balaban J connectivity index is 1.43. The summed E-state index contributed by atoms with van der Waals surface area (Å²) in [5, 5.41) is 6.46. The summed E-state index contributed by atoms with van der Waals surface area (Å²) in [6.07, 6.45) is 2.91. The maximum Gasteiger partial charge on any atom is 0.320 e. The zero-order chi connectivity index (χ0) is 23.9. The molecule has 1 saturated heterocycles. The molecule has 0 aromatic heterocycles. The monoisotopic (exact) mass is 464 g/mol. The number of carbonyl (C=O) groups is 2. The number of hydrogen-bond acceptors (Lipinski definition) is 8. The van der Waals surface area contributed by atoms with Gasteiger partial charge in [0, 0.05) is 17.7 Å². The van der Waals surface area contributed by atoms with Gasteiger partial charge >= 0.3 is 5.97 Å².